The predicted molar refractivity (Wildman–Crippen MR) is 58.9 cm³/mol. The van der Waals surface area contributed by atoms with Gasteiger partial charge >= 0.3 is 5.97 Å². The predicted octanol–water partition coefficient (Wildman–Crippen LogP) is 2.67. The Morgan fingerprint density at radius 3 is 1.85 bits per heavy atom. The van der Waals surface area contributed by atoms with Crippen molar-refractivity contribution < 1.29 is 9.90 Å². The molecular formula is C10H20O2Si. The van der Waals surface area contributed by atoms with E-state index in [9.17, 15) is 4.79 Å². The highest BCUT2D eigenvalue weighted by molar-refractivity contribution is 6.57. The fourth-order valence-corrected chi connectivity index (χ4v) is 3.57. The lowest BCUT2D eigenvalue weighted by atomic mass is 10.3. The van der Waals surface area contributed by atoms with Crippen LogP contribution in [-0.2, 0) is 4.79 Å². The van der Waals surface area contributed by atoms with E-state index in [2.05, 4.69) is 13.1 Å². The zero-order valence-electron chi connectivity index (χ0n) is 8.68. The van der Waals surface area contributed by atoms with Gasteiger partial charge in [-0.05, 0) is 6.92 Å². The molecule has 0 saturated carbocycles. The summed E-state index contributed by atoms with van der Waals surface area (Å²) in [5.74, 6) is -0.935. The van der Waals surface area contributed by atoms with Gasteiger partial charge in [-0.25, -0.2) is 4.79 Å². The number of carbonyl (C=O) groups is 1. The zero-order chi connectivity index (χ0) is 10.3. The maximum atomic E-state index is 9.60. The molecule has 76 valence electrons. The third kappa shape index (κ3) is 7.78. The van der Waals surface area contributed by atoms with Crippen molar-refractivity contribution >= 4 is 14.8 Å². The average molecular weight is 200 g/mol. The summed E-state index contributed by atoms with van der Waals surface area (Å²) < 4.78 is 0. The van der Waals surface area contributed by atoms with E-state index >= 15 is 0 Å². The van der Waals surface area contributed by atoms with Gasteiger partial charge in [0.15, 0.2) is 0 Å². The number of aliphatic carboxylic acids is 1. The molecule has 0 aromatic carbocycles. The lowest BCUT2D eigenvalue weighted by molar-refractivity contribution is -0.132. The first-order valence-corrected chi connectivity index (χ1v) is 7.71. The Kier molecular flexibility index (Phi) is 6.59. The quantitative estimate of drug-likeness (QED) is 0.522. The molecule has 1 aliphatic rings. The van der Waals surface area contributed by atoms with E-state index in [-0.39, 0.29) is 14.4 Å². The molecule has 1 rings (SSSR count). The van der Waals surface area contributed by atoms with Crippen LogP contribution in [-0.4, -0.2) is 19.9 Å². The number of carboxylic acids is 1. The lowest BCUT2D eigenvalue weighted by Crippen LogP contribution is -2.09. The normalized spacial score (nSPS) is 17.1. The van der Waals surface area contributed by atoms with Crippen molar-refractivity contribution in [2.75, 3.05) is 0 Å². The zero-order valence-corrected chi connectivity index (χ0v) is 9.83. The summed E-state index contributed by atoms with van der Waals surface area (Å²) in [7, 11) is -0.0945. The number of hydrogen-bond donors (Lipinski definition) is 1. The summed E-state index contributed by atoms with van der Waals surface area (Å²) in [5.41, 5.74) is 0.176. The largest absolute Gasteiger partial charge is 0.478 e. The molecule has 0 radical (unpaired) electrons. The van der Waals surface area contributed by atoms with Crippen LogP contribution in [0.3, 0.4) is 0 Å². The van der Waals surface area contributed by atoms with Crippen LogP contribution in [0.4, 0.5) is 0 Å². The summed E-state index contributed by atoms with van der Waals surface area (Å²) >= 11 is 0. The molecule has 1 heterocycles. The minimum absolute atomic E-state index is 0.0945. The molecular weight excluding hydrogens is 180 g/mol. The SMILES string of the molecule is C=C(C)C(=O)O.C[SiH]1CCCCC1. The van der Waals surface area contributed by atoms with Crippen molar-refractivity contribution in [3.05, 3.63) is 12.2 Å². The number of carboxylic acid groups (broad SMARTS) is 1. The lowest BCUT2D eigenvalue weighted by Gasteiger charge is -2.14. The highest BCUT2D eigenvalue weighted by Gasteiger charge is 2.07. The summed E-state index contributed by atoms with van der Waals surface area (Å²) in [4.78, 5) is 9.60. The van der Waals surface area contributed by atoms with Crippen LogP contribution in [0.5, 0.6) is 0 Å². The highest BCUT2D eigenvalue weighted by Crippen LogP contribution is 2.17. The van der Waals surface area contributed by atoms with Gasteiger partial charge < -0.3 is 5.11 Å². The van der Waals surface area contributed by atoms with Crippen molar-refractivity contribution in [3.63, 3.8) is 0 Å². The van der Waals surface area contributed by atoms with Crippen molar-refractivity contribution in [1.29, 1.82) is 0 Å². The van der Waals surface area contributed by atoms with Crippen LogP contribution < -0.4 is 0 Å². The summed E-state index contributed by atoms with van der Waals surface area (Å²) in [6.45, 7) is 7.10. The maximum absolute atomic E-state index is 9.60. The van der Waals surface area contributed by atoms with Gasteiger partial charge in [-0.1, -0.05) is 44.5 Å². The molecule has 0 aromatic rings. The fraction of sp³-hybridized carbons (Fsp3) is 0.700. The third-order valence-corrected chi connectivity index (χ3v) is 5.05. The molecule has 1 saturated heterocycles. The molecule has 0 aliphatic carbocycles. The summed E-state index contributed by atoms with van der Waals surface area (Å²) in [6.07, 6.45) is 4.62. The van der Waals surface area contributed by atoms with Crippen molar-refractivity contribution in [1.82, 2.24) is 0 Å². The first-order chi connectivity index (χ1) is 6.04. The van der Waals surface area contributed by atoms with Gasteiger partial charge in [0.1, 0.15) is 0 Å². The fourth-order valence-electron chi connectivity index (χ4n) is 1.31. The first kappa shape index (κ1) is 12.4. The molecule has 0 unspecified atom stereocenters. The first-order valence-electron chi connectivity index (χ1n) is 4.93. The van der Waals surface area contributed by atoms with Crippen LogP contribution >= 0.6 is 0 Å². The van der Waals surface area contributed by atoms with E-state index in [4.69, 9.17) is 5.11 Å². The molecule has 3 heteroatoms. The smallest absolute Gasteiger partial charge is 0.330 e. The summed E-state index contributed by atoms with van der Waals surface area (Å²) in [6, 6.07) is 3.25. The Balaban J connectivity index is 0.000000226. The summed E-state index contributed by atoms with van der Waals surface area (Å²) in [5, 5.41) is 7.89. The molecule has 2 nitrogen and oxygen atoms in total. The van der Waals surface area contributed by atoms with Gasteiger partial charge in [0.2, 0.25) is 0 Å². The van der Waals surface area contributed by atoms with Crippen LogP contribution in [0, 0.1) is 0 Å². The van der Waals surface area contributed by atoms with E-state index in [1.54, 1.807) is 24.9 Å². The van der Waals surface area contributed by atoms with E-state index in [1.165, 1.54) is 13.3 Å². The molecule has 0 spiro atoms. The van der Waals surface area contributed by atoms with Crippen molar-refractivity contribution in [2.45, 2.75) is 44.8 Å². The van der Waals surface area contributed by atoms with Gasteiger partial charge in [0.05, 0.1) is 0 Å². The van der Waals surface area contributed by atoms with Crippen LogP contribution in [0.1, 0.15) is 26.2 Å². The maximum Gasteiger partial charge on any atom is 0.330 e. The van der Waals surface area contributed by atoms with Crippen molar-refractivity contribution in [2.24, 2.45) is 0 Å². The van der Waals surface area contributed by atoms with E-state index < -0.39 is 5.97 Å². The molecule has 1 N–H and O–H groups in total. The average Bonchev–Trinajstić information content (AvgIpc) is 2.06. The van der Waals surface area contributed by atoms with Gasteiger partial charge in [-0.3, -0.25) is 0 Å². The Labute approximate surface area is 82.3 Å². The minimum Gasteiger partial charge on any atom is -0.478 e. The highest BCUT2D eigenvalue weighted by atomic mass is 28.3. The molecule has 0 aromatic heterocycles. The Morgan fingerprint density at radius 1 is 1.31 bits per heavy atom. The Hall–Kier alpha value is -0.573. The minimum atomic E-state index is -0.935. The number of hydrogen-bond acceptors (Lipinski definition) is 1. The van der Waals surface area contributed by atoms with Crippen LogP contribution in [0.2, 0.25) is 18.6 Å². The number of rotatable bonds is 1. The molecule has 1 fully saturated rings. The van der Waals surface area contributed by atoms with E-state index in [0.29, 0.717) is 0 Å². The van der Waals surface area contributed by atoms with Gasteiger partial charge in [-0.15, -0.1) is 0 Å². The second-order valence-corrected chi connectivity index (χ2v) is 7.19. The van der Waals surface area contributed by atoms with Gasteiger partial charge in [0, 0.05) is 14.4 Å². The molecule has 13 heavy (non-hydrogen) atoms. The molecule has 0 amide bonds. The van der Waals surface area contributed by atoms with E-state index in [0.717, 1.165) is 0 Å². The third-order valence-electron chi connectivity index (χ3n) is 2.26. The van der Waals surface area contributed by atoms with Crippen LogP contribution in [0.15, 0.2) is 12.2 Å². The molecule has 0 bridgehead atoms. The topological polar surface area (TPSA) is 37.3 Å². The second-order valence-electron chi connectivity index (χ2n) is 3.83. The standard InChI is InChI=1S/C6H14Si.C4H6O2/c1-7-5-3-2-4-6-7;1-3(2)4(5)6/h7H,2-6H2,1H3;1H2,2H3,(H,5,6). The Morgan fingerprint density at radius 2 is 1.69 bits per heavy atom. The van der Waals surface area contributed by atoms with Gasteiger partial charge in [-0.2, -0.15) is 0 Å². The Bertz CT molecular complexity index is 160. The monoisotopic (exact) mass is 200 g/mol. The van der Waals surface area contributed by atoms with Crippen LogP contribution in [0.25, 0.3) is 0 Å². The van der Waals surface area contributed by atoms with E-state index in [1.807, 2.05) is 0 Å². The van der Waals surface area contributed by atoms with Gasteiger partial charge in [0.25, 0.3) is 0 Å². The second kappa shape index (κ2) is 6.89. The molecule has 0 atom stereocenters. The molecule has 1 aliphatic heterocycles. The van der Waals surface area contributed by atoms with Crippen molar-refractivity contribution in [3.8, 4) is 0 Å².